The number of hydrogen-bond acceptors (Lipinski definition) is 1. The summed E-state index contributed by atoms with van der Waals surface area (Å²) in [5.74, 6) is 0.668. The molecule has 1 nitrogen and oxygen atoms in total. The molecule has 0 saturated heterocycles. The summed E-state index contributed by atoms with van der Waals surface area (Å²) < 4.78 is 0. The van der Waals surface area contributed by atoms with Gasteiger partial charge in [0.15, 0.2) is 0 Å². The maximum absolute atomic E-state index is 3.96. The molecule has 1 atom stereocenters. The van der Waals surface area contributed by atoms with Crippen LogP contribution in [0.4, 0.5) is 0 Å². The Morgan fingerprint density at radius 3 is 2.87 bits per heavy atom. The van der Waals surface area contributed by atoms with E-state index < -0.39 is 0 Å². The van der Waals surface area contributed by atoms with E-state index in [0.29, 0.717) is 5.92 Å². The van der Waals surface area contributed by atoms with Crippen molar-refractivity contribution in [3.8, 4) is 0 Å². The molecule has 0 bridgehead atoms. The standard InChI is InChI=1S/C14H17N/c1-11-6-8-13(9-7-11)15-14-5-3-4-12(2)10-14/h3,5-6,8-11,15H,2,4,7H2,1H3. The lowest BCUT2D eigenvalue weighted by atomic mass is 10.0. The second-order valence-electron chi connectivity index (χ2n) is 4.22. The molecule has 0 aliphatic heterocycles. The molecular weight excluding hydrogens is 182 g/mol. The van der Waals surface area contributed by atoms with Gasteiger partial charge in [0, 0.05) is 11.4 Å². The fourth-order valence-electron chi connectivity index (χ4n) is 1.73. The smallest absolute Gasteiger partial charge is 0.0383 e. The fraction of sp³-hybridized carbons (Fsp3) is 0.286. The Kier molecular flexibility index (Phi) is 2.91. The summed E-state index contributed by atoms with van der Waals surface area (Å²) in [4.78, 5) is 0. The lowest BCUT2D eigenvalue weighted by Gasteiger charge is -2.16. The van der Waals surface area contributed by atoms with Crippen LogP contribution in [0.2, 0.25) is 0 Å². The second kappa shape index (κ2) is 4.35. The minimum Gasteiger partial charge on any atom is -0.356 e. The van der Waals surface area contributed by atoms with Crippen molar-refractivity contribution in [2.45, 2.75) is 19.8 Å². The van der Waals surface area contributed by atoms with Crippen molar-refractivity contribution in [3.05, 3.63) is 60.0 Å². The molecule has 78 valence electrons. The van der Waals surface area contributed by atoms with Gasteiger partial charge < -0.3 is 5.32 Å². The molecule has 0 saturated carbocycles. The Morgan fingerprint density at radius 2 is 2.20 bits per heavy atom. The highest BCUT2D eigenvalue weighted by molar-refractivity contribution is 5.37. The van der Waals surface area contributed by atoms with Crippen molar-refractivity contribution >= 4 is 0 Å². The predicted molar refractivity (Wildman–Crippen MR) is 65.1 cm³/mol. The summed E-state index contributed by atoms with van der Waals surface area (Å²) >= 11 is 0. The highest BCUT2D eigenvalue weighted by Crippen LogP contribution is 2.17. The molecule has 1 unspecified atom stereocenters. The zero-order valence-electron chi connectivity index (χ0n) is 9.16. The Bertz CT molecular complexity index is 380. The van der Waals surface area contributed by atoms with Crippen LogP contribution in [-0.2, 0) is 0 Å². The Balaban J connectivity index is 2.01. The average molecular weight is 199 g/mol. The zero-order chi connectivity index (χ0) is 10.7. The highest BCUT2D eigenvalue weighted by Gasteiger charge is 2.05. The molecule has 2 rings (SSSR count). The molecule has 0 fully saturated rings. The summed E-state index contributed by atoms with van der Waals surface area (Å²) in [6.07, 6.45) is 15.1. The molecule has 0 radical (unpaired) electrons. The molecule has 0 heterocycles. The van der Waals surface area contributed by atoms with Gasteiger partial charge >= 0.3 is 0 Å². The SMILES string of the molecule is C=C1C=C(NC2=CCC(C)C=C2)C=CC1. The van der Waals surface area contributed by atoms with Gasteiger partial charge in [-0.2, -0.15) is 0 Å². The summed E-state index contributed by atoms with van der Waals surface area (Å²) in [5.41, 5.74) is 3.49. The highest BCUT2D eigenvalue weighted by atomic mass is 14.9. The van der Waals surface area contributed by atoms with E-state index in [1.807, 2.05) is 0 Å². The average Bonchev–Trinajstić information content (AvgIpc) is 2.22. The quantitative estimate of drug-likeness (QED) is 0.718. The normalized spacial score (nSPS) is 24.9. The molecule has 0 amide bonds. The van der Waals surface area contributed by atoms with Crippen LogP contribution in [0.1, 0.15) is 19.8 Å². The third-order valence-electron chi connectivity index (χ3n) is 2.64. The van der Waals surface area contributed by atoms with Gasteiger partial charge in [-0.1, -0.05) is 31.7 Å². The van der Waals surface area contributed by atoms with E-state index in [1.54, 1.807) is 0 Å². The van der Waals surface area contributed by atoms with E-state index in [4.69, 9.17) is 0 Å². The van der Waals surface area contributed by atoms with Gasteiger partial charge in [0.25, 0.3) is 0 Å². The number of hydrogen-bond donors (Lipinski definition) is 1. The fourth-order valence-corrected chi connectivity index (χ4v) is 1.73. The van der Waals surface area contributed by atoms with Crippen LogP contribution >= 0.6 is 0 Å². The van der Waals surface area contributed by atoms with E-state index in [1.165, 1.54) is 5.70 Å². The Labute approximate surface area is 91.6 Å². The van der Waals surface area contributed by atoms with Gasteiger partial charge in [-0.25, -0.2) is 0 Å². The summed E-state index contributed by atoms with van der Waals surface area (Å²) in [6, 6.07) is 0. The molecule has 2 aliphatic carbocycles. The maximum Gasteiger partial charge on any atom is 0.0383 e. The topological polar surface area (TPSA) is 12.0 Å². The molecule has 1 heteroatoms. The first-order chi connectivity index (χ1) is 7.24. The van der Waals surface area contributed by atoms with Gasteiger partial charge in [0.2, 0.25) is 0 Å². The monoisotopic (exact) mass is 199 g/mol. The van der Waals surface area contributed by atoms with Crippen molar-refractivity contribution in [2.24, 2.45) is 5.92 Å². The third-order valence-corrected chi connectivity index (χ3v) is 2.64. The van der Waals surface area contributed by atoms with Gasteiger partial charge in [0.05, 0.1) is 0 Å². The van der Waals surface area contributed by atoms with E-state index in [0.717, 1.165) is 24.1 Å². The molecule has 0 aromatic heterocycles. The van der Waals surface area contributed by atoms with Crippen molar-refractivity contribution in [3.63, 3.8) is 0 Å². The molecule has 2 aliphatic rings. The first-order valence-corrected chi connectivity index (χ1v) is 5.45. The van der Waals surface area contributed by atoms with Crippen LogP contribution in [-0.4, -0.2) is 0 Å². The lowest BCUT2D eigenvalue weighted by Crippen LogP contribution is -2.13. The molecule has 0 aromatic rings. The summed E-state index contributed by atoms with van der Waals surface area (Å²) in [7, 11) is 0. The van der Waals surface area contributed by atoms with E-state index in [9.17, 15) is 0 Å². The zero-order valence-corrected chi connectivity index (χ0v) is 9.16. The van der Waals surface area contributed by atoms with Crippen LogP contribution in [0.5, 0.6) is 0 Å². The molecule has 1 N–H and O–H groups in total. The lowest BCUT2D eigenvalue weighted by molar-refractivity contribution is 0.723. The third kappa shape index (κ3) is 2.72. The molecule has 0 aromatic carbocycles. The van der Waals surface area contributed by atoms with Gasteiger partial charge in [-0.05, 0) is 42.6 Å². The van der Waals surface area contributed by atoms with Crippen LogP contribution in [0.3, 0.4) is 0 Å². The minimum atomic E-state index is 0.668. The molecular formula is C14H17N. The first-order valence-electron chi connectivity index (χ1n) is 5.45. The van der Waals surface area contributed by atoms with Gasteiger partial charge in [-0.15, -0.1) is 0 Å². The molecule has 0 spiro atoms. The molecule has 15 heavy (non-hydrogen) atoms. The largest absolute Gasteiger partial charge is 0.356 e. The summed E-state index contributed by atoms with van der Waals surface area (Å²) in [5, 5.41) is 3.40. The minimum absolute atomic E-state index is 0.668. The number of rotatable bonds is 2. The van der Waals surface area contributed by atoms with Crippen molar-refractivity contribution < 1.29 is 0 Å². The summed E-state index contributed by atoms with van der Waals surface area (Å²) in [6.45, 7) is 6.19. The van der Waals surface area contributed by atoms with Crippen LogP contribution in [0, 0.1) is 5.92 Å². The first kappa shape index (κ1) is 10.0. The van der Waals surface area contributed by atoms with E-state index >= 15 is 0 Å². The maximum atomic E-state index is 3.96. The number of nitrogens with one attached hydrogen (secondary N) is 1. The van der Waals surface area contributed by atoms with Crippen molar-refractivity contribution in [2.75, 3.05) is 0 Å². The van der Waals surface area contributed by atoms with Crippen molar-refractivity contribution in [1.82, 2.24) is 5.32 Å². The number of allylic oxidation sites excluding steroid dienone is 7. The van der Waals surface area contributed by atoms with Crippen LogP contribution in [0.25, 0.3) is 0 Å². The van der Waals surface area contributed by atoms with Crippen LogP contribution in [0.15, 0.2) is 60.0 Å². The Morgan fingerprint density at radius 1 is 1.33 bits per heavy atom. The van der Waals surface area contributed by atoms with E-state index in [-0.39, 0.29) is 0 Å². The van der Waals surface area contributed by atoms with E-state index in [2.05, 4.69) is 55.3 Å². The predicted octanol–water partition coefficient (Wildman–Crippen LogP) is 3.46. The van der Waals surface area contributed by atoms with Crippen LogP contribution < -0.4 is 5.32 Å². The van der Waals surface area contributed by atoms with Crippen molar-refractivity contribution in [1.29, 1.82) is 0 Å². The van der Waals surface area contributed by atoms with Gasteiger partial charge in [-0.3, -0.25) is 0 Å². The second-order valence-corrected chi connectivity index (χ2v) is 4.22. The van der Waals surface area contributed by atoms with Gasteiger partial charge in [0.1, 0.15) is 0 Å². The Hall–Kier alpha value is -1.50.